The number of piperazine rings is 1. The number of piperidine rings is 1. The minimum absolute atomic E-state index is 0.0749. The number of nitro groups is 1. The Hall–Kier alpha value is -3.17. The van der Waals surface area contributed by atoms with Gasteiger partial charge in [0.25, 0.3) is 5.69 Å². The molecule has 0 bridgehead atoms. The monoisotopic (exact) mass is 485 g/mol. The summed E-state index contributed by atoms with van der Waals surface area (Å²) >= 11 is 6.10. The van der Waals surface area contributed by atoms with Gasteiger partial charge in [0.05, 0.1) is 22.2 Å². The van der Waals surface area contributed by atoms with Crippen LogP contribution in [0.4, 0.5) is 17.1 Å². The third-order valence-corrected chi connectivity index (χ3v) is 6.79. The molecule has 0 aromatic heterocycles. The second-order valence-corrected chi connectivity index (χ2v) is 9.04. The highest BCUT2D eigenvalue weighted by molar-refractivity contribution is 6.33. The molecule has 2 aromatic carbocycles. The average Bonchev–Trinajstić information content (AvgIpc) is 2.85. The Bertz CT molecular complexity index is 1050. The molecule has 0 unspecified atom stereocenters. The summed E-state index contributed by atoms with van der Waals surface area (Å²) in [5.74, 6) is -0.0632. The van der Waals surface area contributed by atoms with Gasteiger partial charge >= 0.3 is 0 Å². The van der Waals surface area contributed by atoms with E-state index in [0.717, 1.165) is 0 Å². The molecule has 2 aliphatic heterocycles. The van der Waals surface area contributed by atoms with Crippen LogP contribution < -0.4 is 10.2 Å². The van der Waals surface area contributed by atoms with Crippen LogP contribution in [0.5, 0.6) is 0 Å². The van der Waals surface area contributed by atoms with E-state index in [0.29, 0.717) is 68.5 Å². The van der Waals surface area contributed by atoms with E-state index in [1.54, 1.807) is 30.3 Å². The Morgan fingerprint density at radius 3 is 2.29 bits per heavy atom. The number of para-hydroxylation sites is 3. The number of carbonyl (C=O) groups is 2. The number of rotatable bonds is 6. The van der Waals surface area contributed by atoms with Gasteiger partial charge in [0.15, 0.2) is 0 Å². The van der Waals surface area contributed by atoms with Gasteiger partial charge in [-0.25, -0.2) is 0 Å². The van der Waals surface area contributed by atoms with Crippen LogP contribution in [-0.2, 0) is 9.59 Å². The van der Waals surface area contributed by atoms with Crippen LogP contribution in [-0.4, -0.2) is 72.4 Å². The van der Waals surface area contributed by atoms with Gasteiger partial charge in [0.1, 0.15) is 5.69 Å². The van der Waals surface area contributed by atoms with Crippen molar-refractivity contribution < 1.29 is 14.5 Å². The Morgan fingerprint density at radius 1 is 0.971 bits per heavy atom. The summed E-state index contributed by atoms with van der Waals surface area (Å²) in [7, 11) is 0. The normalized spacial score (nSPS) is 17.4. The van der Waals surface area contributed by atoms with Gasteiger partial charge < -0.3 is 15.1 Å². The molecule has 0 aliphatic carbocycles. The molecule has 2 fully saturated rings. The first kappa shape index (κ1) is 24.0. The molecule has 2 amide bonds. The van der Waals surface area contributed by atoms with E-state index in [2.05, 4.69) is 5.32 Å². The van der Waals surface area contributed by atoms with Gasteiger partial charge in [-0.3, -0.25) is 24.6 Å². The number of nitrogens with zero attached hydrogens (tertiary/aromatic N) is 4. The molecule has 2 aromatic rings. The van der Waals surface area contributed by atoms with Crippen molar-refractivity contribution in [3.05, 3.63) is 63.7 Å². The maximum atomic E-state index is 13.1. The number of hydrogen-bond acceptors (Lipinski definition) is 6. The zero-order chi connectivity index (χ0) is 24.1. The maximum absolute atomic E-state index is 13.1. The lowest BCUT2D eigenvalue weighted by Crippen LogP contribution is -2.52. The summed E-state index contributed by atoms with van der Waals surface area (Å²) in [5, 5.41) is 14.7. The Labute approximate surface area is 203 Å². The number of carbonyl (C=O) groups excluding carboxylic acids is 2. The van der Waals surface area contributed by atoms with Gasteiger partial charge in [-0.15, -0.1) is 0 Å². The van der Waals surface area contributed by atoms with E-state index in [9.17, 15) is 19.7 Å². The fraction of sp³-hybridized carbons (Fsp3) is 0.417. The first-order valence-electron chi connectivity index (χ1n) is 11.5. The van der Waals surface area contributed by atoms with Crippen molar-refractivity contribution in [3.63, 3.8) is 0 Å². The van der Waals surface area contributed by atoms with E-state index in [-0.39, 0.29) is 34.9 Å². The number of hydrogen-bond donors (Lipinski definition) is 1. The molecule has 2 aliphatic rings. The third kappa shape index (κ3) is 5.66. The zero-order valence-corrected chi connectivity index (χ0v) is 19.6. The summed E-state index contributed by atoms with van der Waals surface area (Å²) in [6.07, 6.45) is 1.34. The van der Waals surface area contributed by atoms with Crippen molar-refractivity contribution in [2.45, 2.75) is 12.8 Å². The number of nitrogens with one attached hydrogen (secondary N) is 1. The van der Waals surface area contributed by atoms with E-state index < -0.39 is 0 Å². The quantitative estimate of drug-likeness (QED) is 0.498. The van der Waals surface area contributed by atoms with E-state index in [1.165, 1.54) is 6.07 Å². The Kier molecular flexibility index (Phi) is 7.64. The molecule has 0 radical (unpaired) electrons. The molecule has 10 heteroatoms. The third-order valence-electron chi connectivity index (χ3n) is 6.46. The lowest BCUT2D eigenvalue weighted by molar-refractivity contribution is -0.384. The minimum atomic E-state index is -0.360. The van der Waals surface area contributed by atoms with Crippen molar-refractivity contribution >= 4 is 40.5 Å². The van der Waals surface area contributed by atoms with E-state index >= 15 is 0 Å². The summed E-state index contributed by atoms with van der Waals surface area (Å²) < 4.78 is 0. The molecule has 0 saturated carbocycles. The van der Waals surface area contributed by atoms with E-state index in [1.807, 2.05) is 26.8 Å². The van der Waals surface area contributed by atoms with Crippen molar-refractivity contribution in [1.82, 2.24) is 9.80 Å². The topological polar surface area (TPSA) is 99.0 Å². The molecule has 2 heterocycles. The van der Waals surface area contributed by atoms with Crippen LogP contribution in [0.2, 0.25) is 5.02 Å². The summed E-state index contributed by atoms with van der Waals surface area (Å²) in [6, 6.07) is 13.9. The van der Waals surface area contributed by atoms with Crippen molar-refractivity contribution in [1.29, 1.82) is 0 Å². The number of anilines is 2. The van der Waals surface area contributed by atoms with Crippen LogP contribution in [0.25, 0.3) is 0 Å². The molecule has 1 N–H and O–H groups in total. The molecule has 0 spiro atoms. The first-order valence-corrected chi connectivity index (χ1v) is 11.8. The summed E-state index contributed by atoms with van der Waals surface area (Å²) in [5.41, 5.74) is 1.30. The molecule has 0 atom stereocenters. The molecular formula is C24H28ClN5O4. The maximum Gasteiger partial charge on any atom is 0.292 e. The number of amides is 2. The van der Waals surface area contributed by atoms with Gasteiger partial charge in [-0.2, -0.15) is 0 Å². The molecule has 4 rings (SSSR count). The molecule has 2 saturated heterocycles. The van der Waals surface area contributed by atoms with Gasteiger partial charge in [-0.1, -0.05) is 35.9 Å². The van der Waals surface area contributed by atoms with Crippen molar-refractivity contribution in [2.24, 2.45) is 5.92 Å². The fourth-order valence-corrected chi connectivity index (χ4v) is 4.78. The summed E-state index contributed by atoms with van der Waals surface area (Å²) in [4.78, 5) is 42.3. The van der Waals surface area contributed by atoms with Crippen LogP contribution in [0, 0.1) is 16.0 Å². The zero-order valence-electron chi connectivity index (χ0n) is 18.9. The van der Waals surface area contributed by atoms with E-state index in [4.69, 9.17) is 11.6 Å². The molecule has 9 nitrogen and oxygen atoms in total. The molecular weight excluding hydrogens is 458 g/mol. The van der Waals surface area contributed by atoms with Crippen LogP contribution >= 0.6 is 11.6 Å². The Balaban J connectivity index is 1.23. The fourth-order valence-electron chi connectivity index (χ4n) is 4.59. The number of benzene rings is 2. The minimum Gasteiger partial charge on any atom is -0.366 e. The highest BCUT2D eigenvalue weighted by Crippen LogP contribution is 2.31. The lowest BCUT2D eigenvalue weighted by Gasteiger charge is -2.38. The second-order valence-electron chi connectivity index (χ2n) is 8.64. The molecule has 180 valence electrons. The predicted molar refractivity (Wildman–Crippen MR) is 131 cm³/mol. The highest BCUT2D eigenvalue weighted by atomic mass is 35.5. The average molecular weight is 486 g/mol. The standard InChI is InChI=1S/C24H28ClN5O4/c25-19-5-1-2-6-20(19)26-23(31)17-27-13-15-29(16-14-27)24(32)18-9-11-28(12-10-18)21-7-3-4-8-22(21)30(33)34/h1-8,18H,9-17H2,(H,26,31). The van der Waals surface area contributed by atoms with Crippen LogP contribution in [0.1, 0.15) is 12.8 Å². The predicted octanol–water partition coefficient (Wildman–Crippen LogP) is 3.25. The smallest absolute Gasteiger partial charge is 0.292 e. The number of nitro benzene ring substituents is 1. The van der Waals surface area contributed by atoms with Gasteiger partial charge in [-0.05, 0) is 31.0 Å². The lowest BCUT2D eigenvalue weighted by atomic mass is 9.94. The summed E-state index contributed by atoms with van der Waals surface area (Å²) in [6.45, 7) is 3.92. The van der Waals surface area contributed by atoms with Crippen molar-refractivity contribution in [2.75, 3.05) is 56.0 Å². The number of halogens is 1. The highest BCUT2D eigenvalue weighted by Gasteiger charge is 2.32. The van der Waals surface area contributed by atoms with Crippen LogP contribution in [0.15, 0.2) is 48.5 Å². The molecule has 34 heavy (non-hydrogen) atoms. The van der Waals surface area contributed by atoms with Gasteiger partial charge in [0, 0.05) is 51.3 Å². The SMILES string of the molecule is O=C(CN1CCN(C(=O)C2CCN(c3ccccc3[N+](=O)[O-])CC2)CC1)Nc1ccccc1Cl. The first-order chi connectivity index (χ1) is 16.4. The second kappa shape index (κ2) is 10.8. The van der Waals surface area contributed by atoms with Crippen LogP contribution in [0.3, 0.4) is 0 Å². The Morgan fingerprint density at radius 2 is 1.62 bits per heavy atom. The largest absolute Gasteiger partial charge is 0.366 e. The van der Waals surface area contributed by atoms with Crippen molar-refractivity contribution in [3.8, 4) is 0 Å². The van der Waals surface area contributed by atoms with Gasteiger partial charge in [0.2, 0.25) is 11.8 Å².